The first-order valence-electron chi connectivity index (χ1n) is 37.9. The van der Waals surface area contributed by atoms with Gasteiger partial charge in [-0.2, -0.15) is 0 Å². The number of anilines is 4. The molecule has 4 aliphatic rings. The number of hydrogen-bond donors (Lipinski definition) is 0. The summed E-state index contributed by atoms with van der Waals surface area (Å²) in [5, 5.41) is 2.34. The Kier molecular flexibility index (Phi) is 36.5. The van der Waals surface area contributed by atoms with E-state index in [0.717, 1.165) is 203 Å². The molecule has 0 bridgehead atoms. The fourth-order valence-electron chi connectivity index (χ4n) is 13.6. The summed E-state index contributed by atoms with van der Waals surface area (Å²) in [5.41, 5.74) is 6.65. The van der Waals surface area contributed by atoms with Crippen molar-refractivity contribution in [2.45, 2.75) is 187 Å². The SMILES string of the molecule is CCC=CCC=CCC=CCC=CCC=CCCCCCC(=O)N1C(=O)CCc2ccc(OCCCC(C(=CCC=CCC=CCCCCC(=O)N3C(=O)CCc4ccc(OCCCCN5CCN(c6cccc(Cl)c6Cl)CC5)cc43)CC=CCC)N3CCN(c4cccc(Cl)c4Cl)CC3)cc21. The second kappa shape index (κ2) is 46.0. The number of hydrogen-bond acceptors (Lipinski definition) is 10. The van der Waals surface area contributed by atoms with Gasteiger partial charge in [0.1, 0.15) is 11.5 Å². The Hall–Kier alpha value is -6.90. The van der Waals surface area contributed by atoms with Crippen molar-refractivity contribution in [3.63, 3.8) is 0 Å². The molecule has 16 heteroatoms. The van der Waals surface area contributed by atoms with E-state index in [-0.39, 0.29) is 29.7 Å². The quantitative estimate of drug-likeness (QED) is 0.0314. The van der Waals surface area contributed by atoms with Crippen LogP contribution in [0.15, 0.2) is 182 Å². The van der Waals surface area contributed by atoms with E-state index in [1.807, 2.05) is 72.8 Å². The van der Waals surface area contributed by atoms with Crippen LogP contribution in [0.3, 0.4) is 0 Å². The highest BCUT2D eigenvalue weighted by Gasteiger charge is 2.32. The summed E-state index contributed by atoms with van der Waals surface area (Å²) in [6.07, 6.45) is 58.4. The van der Waals surface area contributed by atoms with Crippen LogP contribution >= 0.6 is 46.4 Å². The summed E-state index contributed by atoms with van der Waals surface area (Å²) in [4.78, 5) is 66.7. The third-order valence-corrected chi connectivity index (χ3v) is 20.9. The first kappa shape index (κ1) is 80.8. The Balaban J connectivity index is 0.770. The van der Waals surface area contributed by atoms with Gasteiger partial charge in [-0.05, 0) is 189 Å². The number of carbonyl (C=O) groups excluding carboxylic acids is 4. The predicted molar refractivity (Wildman–Crippen MR) is 429 cm³/mol. The number of amides is 4. The van der Waals surface area contributed by atoms with E-state index in [1.54, 1.807) is 0 Å². The van der Waals surface area contributed by atoms with E-state index >= 15 is 0 Å². The normalized spacial score (nSPS) is 16.3. The minimum Gasteiger partial charge on any atom is -0.494 e. The van der Waals surface area contributed by atoms with Crippen molar-refractivity contribution in [1.29, 1.82) is 0 Å². The van der Waals surface area contributed by atoms with Gasteiger partial charge in [0.25, 0.3) is 0 Å². The number of unbranched alkanes of at least 4 members (excludes halogenated alkanes) is 6. The predicted octanol–water partition coefficient (Wildman–Crippen LogP) is 21.4. The number of imide groups is 2. The zero-order valence-electron chi connectivity index (χ0n) is 60.6. The van der Waals surface area contributed by atoms with Gasteiger partial charge in [-0.15, -0.1) is 0 Å². The molecular weight excluding hydrogens is 1350 g/mol. The molecule has 4 amide bonds. The minimum absolute atomic E-state index is 0.140. The monoisotopic (exact) mass is 1460 g/mol. The highest BCUT2D eigenvalue weighted by Crippen LogP contribution is 2.38. The van der Waals surface area contributed by atoms with Crippen molar-refractivity contribution in [3.05, 3.63) is 213 Å². The van der Waals surface area contributed by atoms with E-state index in [4.69, 9.17) is 55.9 Å². The van der Waals surface area contributed by atoms with E-state index in [1.165, 1.54) is 15.4 Å². The van der Waals surface area contributed by atoms with E-state index in [0.29, 0.717) is 101 Å². The summed E-state index contributed by atoms with van der Waals surface area (Å²) >= 11 is 26.0. The first-order chi connectivity index (χ1) is 49.9. The van der Waals surface area contributed by atoms with Crippen LogP contribution in [0, 0.1) is 0 Å². The summed E-state index contributed by atoms with van der Waals surface area (Å²) in [7, 11) is 0. The largest absolute Gasteiger partial charge is 0.494 e. The number of halogens is 4. The number of carbonyl (C=O) groups is 4. The molecule has 1 unspecified atom stereocenters. The molecule has 2 saturated heterocycles. The van der Waals surface area contributed by atoms with Crippen molar-refractivity contribution in [2.24, 2.45) is 0 Å². The highest BCUT2D eigenvalue weighted by atomic mass is 35.5. The van der Waals surface area contributed by atoms with Crippen LogP contribution in [0.2, 0.25) is 20.1 Å². The van der Waals surface area contributed by atoms with Crippen LogP contribution in [-0.4, -0.2) is 112 Å². The first-order valence-corrected chi connectivity index (χ1v) is 39.4. The van der Waals surface area contributed by atoms with Crippen LogP contribution < -0.4 is 29.1 Å². The molecule has 8 rings (SSSR count). The Morgan fingerprint density at radius 3 is 1.42 bits per heavy atom. The molecule has 1 atom stereocenters. The number of benzene rings is 4. The third-order valence-electron chi connectivity index (χ3n) is 19.2. The molecule has 102 heavy (non-hydrogen) atoms. The van der Waals surface area contributed by atoms with Crippen molar-refractivity contribution in [2.75, 3.05) is 91.7 Å². The van der Waals surface area contributed by atoms with E-state index in [2.05, 4.69) is 137 Å². The van der Waals surface area contributed by atoms with Gasteiger partial charge in [0.15, 0.2) is 0 Å². The molecule has 0 aromatic heterocycles. The molecule has 4 aliphatic heterocycles. The van der Waals surface area contributed by atoms with Crippen LogP contribution in [-0.2, 0) is 32.0 Å². The second-order valence-electron chi connectivity index (χ2n) is 26.7. The molecule has 12 nitrogen and oxygen atoms in total. The second-order valence-corrected chi connectivity index (χ2v) is 28.3. The number of fused-ring (bicyclic) bond motifs is 2. The van der Waals surface area contributed by atoms with Crippen molar-refractivity contribution in [1.82, 2.24) is 9.80 Å². The number of piperazine rings is 2. The number of rotatable bonds is 42. The maximum atomic E-state index is 13.8. The summed E-state index contributed by atoms with van der Waals surface area (Å²) in [5.74, 6) is 0.757. The topological polar surface area (TPSA) is 106 Å². The summed E-state index contributed by atoms with van der Waals surface area (Å²) in [6, 6.07) is 23.6. The molecule has 4 aromatic rings. The fourth-order valence-corrected chi connectivity index (χ4v) is 14.4. The van der Waals surface area contributed by atoms with Gasteiger partial charge in [0.05, 0.1) is 56.1 Å². The lowest BCUT2D eigenvalue weighted by molar-refractivity contribution is -0.128. The summed E-state index contributed by atoms with van der Waals surface area (Å²) in [6.45, 7) is 13.4. The maximum Gasteiger partial charge on any atom is 0.234 e. The van der Waals surface area contributed by atoms with Gasteiger partial charge in [-0.3, -0.25) is 38.8 Å². The van der Waals surface area contributed by atoms with Crippen LogP contribution in [0.5, 0.6) is 11.5 Å². The van der Waals surface area contributed by atoms with Gasteiger partial charge in [-0.1, -0.05) is 200 Å². The molecule has 0 radical (unpaired) electrons. The van der Waals surface area contributed by atoms with Crippen molar-refractivity contribution < 1.29 is 28.7 Å². The zero-order valence-corrected chi connectivity index (χ0v) is 63.7. The number of ether oxygens (including phenoxy) is 2. The molecule has 0 N–H and O–H groups in total. The standard InChI is InChI=1S/C86H110Cl4N6O6/c1-3-5-7-8-9-10-11-12-13-14-15-16-17-18-19-22-25-28-32-47-82(98)96-80-68-73(53-49-71(80)51-55-84(96)100)102-66-38-45-76(92-61-63-94(64-62-92)78-44-37-42-75(88)86(78)90)69(39-30-6-4-2)40-31-27-24-21-20-23-26-29-33-46-81(97)95-79-67-72(52-48-70(79)50-54-83(95)99)101-65-35-34-56-91-57-59-93(60-58-91)77-43-36-41-74(87)85(77)89/h5-7,9-10,12-13,15-16,18-20,23-24,27,30,36-37,40-44,48-49,52-53,67-68,76H,3-4,8,11,14,17,21-22,25-26,28-29,31-35,38-39,45-47,50-51,54-66H2,1-2H3. The molecule has 0 saturated carbocycles. The average molecular weight is 1470 g/mol. The molecule has 0 spiro atoms. The van der Waals surface area contributed by atoms with Gasteiger partial charge >= 0.3 is 0 Å². The van der Waals surface area contributed by atoms with E-state index in [9.17, 15) is 19.2 Å². The smallest absolute Gasteiger partial charge is 0.234 e. The Morgan fingerprint density at radius 1 is 0.451 bits per heavy atom. The zero-order chi connectivity index (χ0) is 71.9. The maximum absolute atomic E-state index is 13.8. The number of allylic oxidation sites excluding steroid dienone is 17. The van der Waals surface area contributed by atoms with Crippen LogP contribution in [0.1, 0.15) is 179 Å². The molecule has 2 fully saturated rings. The third kappa shape index (κ3) is 26.7. The molecule has 548 valence electrons. The Bertz CT molecular complexity index is 3570. The lowest BCUT2D eigenvalue weighted by atomic mass is 9.95. The van der Waals surface area contributed by atoms with Gasteiger partial charge in [0.2, 0.25) is 23.6 Å². The van der Waals surface area contributed by atoms with Gasteiger partial charge < -0.3 is 19.3 Å². The number of aryl methyl sites for hydroxylation is 2. The summed E-state index contributed by atoms with van der Waals surface area (Å²) < 4.78 is 12.7. The van der Waals surface area contributed by atoms with E-state index < -0.39 is 0 Å². The molecular formula is C86H110Cl4N6O6. The van der Waals surface area contributed by atoms with Gasteiger partial charge in [-0.25, -0.2) is 0 Å². The van der Waals surface area contributed by atoms with Gasteiger partial charge in [0, 0.05) is 96.2 Å². The highest BCUT2D eigenvalue weighted by molar-refractivity contribution is 6.44. The average Bonchev–Trinajstić information content (AvgIpc) is 0.803. The Morgan fingerprint density at radius 2 is 0.902 bits per heavy atom. The molecule has 4 aromatic carbocycles. The minimum atomic E-state index is -0.154. The lowest BCUT2D eigenvalue weighted by Gasteiger charge is -2.41. The van der Waals surface area contributed by atoms with Crippen LogP contribution in [0.25, 0.3) is 0 Å². The fraction of sp³-hybridized carbons (Fsp3) is 0.465. The number of nitrogens with zero attached hydrogens (tertiary/aromatic N) is 6. The lowest BCUT2D eigenvalue weighted by Crippen LogP contribution is -2.51. The molecule has 0 aliphatic carbocycles. The van der Waals surface area contributed by atoms with Crippen molar-refractivity contribution >= 4 is 92.8 Å². The van der Waals surface area contributed by atoms with Crippen molar-refractivity contribution in [3.8, 4) is 11.5 Å². The Labute approximate surface area is 630 Å². The molecule has 4 heterocycles. The van der Waals surface area contributed by atoms with Crippen LogP contribution in [0.4, 0.5) is 22.7 Å².